The van der Waals surface area contributed by atoms with E-state index in [1.54, 1.807) is 6.33 Å². The molecule has 1 atom stereocenters. The minimum Gasteiger partial charge on any atom is -0.336 e. The van der Waals surface area contributed by atoms with Crippen molar-refractivity contribution < 1.29 is 0 Å². The third-order valence-electron chi connectivity index (χ3n) is 2.26. The molecule has 3 N–H and O–H groups in total. The summed E-state index contributed by atoms with van der Waals surface area (Å²) in [5, 5.41) is 3.36. The predicted molar refractivity (Wildman–Crippen MR) is 61.1 cm³/mol. The van der Waals surface area contributed by atoms with Crippen molar-refractivity contribution in [2.75, 3.05) is 13.1 Å². The Bertz CT molecular complexity index is 345. The Balaban J connectivity index is 2.48. The van der Waals surface area contributed by atoms with Gasteiger partial charge in [0.15, 0.2) is 0 Å². The molecule has 0 spiro atoms. The third-order valence-corrected chi connectivity index (χ3v) is 2.26. The molecule has 1 heterocycles. The van der Waals surface area contributed by atoms with Gasteiger partial charge in [0, 0.05) is 32.8 Å². The van der Waals surface area contributed by atoms with E-state index in [1.807, 2.05) is 24.7 Å². The van der Waals surface area contributed by atoms with Crippen LogP contribution in [0.4, 0.5) is 0 Å². The van der Waals surface area contributed by atoms with Gasteiger partial charge in [-0.05, 0) is 6.92 Å². The monoisotopic (exact) mass is 206 g/mol. The number of rotatable bonds is 5. The number of nitrogens with two attached hydrogens (primary N) is 1. The standard InChI is InChI=1S/C11H18N4/c1-3-4-5-6-14-10(7-12)11-8-13-9-15(11)2/h8-10,14H,5-7,12H2,1-2H3. The van der Waals surface area contributed by atoms with E-state index in [1.165, 1.54) is 0 Å². The molecule has 0 aliphatic carbocycles. The van der Waals surface area contributed by atoms with Crippen LogP contribution in [0.25, 0.3) is 0 Å². The molecule has 0 saturated heterocycles. The normalized spacial score (nSPS) is 11.9. The van der Waals surface area contributed by atoms with Crippen LogP contribution in [0.15, 0.2) is 12.5 Å². The second-order valence-electron chi connectivity index (χ2n) is 3.35. The minimum atomic E-state index is 0.163. The Morgan fingerprint density at radius 3 is 3.00 bits per heavy atom. The molecule has 0 aliphatic heterocycles. The van der Waals surface area contributed by atoms with Crippen molar-refractivity contribution >= 4 is 0 Å². The van der Waals surface area contributed by atoms with Gasteiger partial charge < -0.3 is 15.6 Å². The first-order valence-corrected chi connectivity index (χ1v) is 5.09. The van der Waals surface area contributed by atoms with E-state index in [4.69, 9.17) is 5.73 Å². The van der Waals surface area contributed by atoms with E-state index in [0.717, 1.165) is 18.7 Å². The summed E-state index contributed by atoms with van der Waals surface area (Å²) in [4.78, 5) is 4.07. The molecule has 4 nitrogen and oxygen atoms in total. The molecule has 0 bridgehead atoms. The van der Waals surface area contributed by atoms with Gasteiger partial charge >= 0.3 is 0 Å². The minimum absolute atomic E-state index is 0.163. The first-order valence-electron chi connectivity index (χ1n) is 5.09. The summed E-state index contributed by atoms with van der Waals surface area (Å²) in [6.07, 6.45) is 4.48. The summed E-state index contributed by atoms with van der Waals surface area (Å²) in [5.74, 6) is 5.88. The molecule has 0 radical (unpaired) electrons. The van der Waals surface area contributed by atoms with Crippen molar-refractivity contribution in [1.29, 1.82) is 0 Å². The number of aromatic nitrogens is 2. The molecule has 1 unspecified atom stereocenters. The Morgan fingerprint density at radius 2 is 2.47 bits per heavy atom. The highest BCUT2D eigenvalue weighted by molar-refractivity contribution is 5.05. The zero-order valence-corrected chi connectivity index (χ0v) is 9.33. The summed E-state index contributed by atoms with van der Waals surface area (Å²) in [6.45, 7) is 3.27. The van der Waals surface area contributed by atoms with Crippen molar-refractivity contribution in [3.8, 4) is 11.8 Å². The molecular weight excluding hydrogens is 188 g/mol. The first-order chi connectivity index (χ1) is 7.29. The fraction of sp³-hybridized carbons (Fsp3) is 0.545. The lowest BCUT2D eigenvalue weighted by Gasteiger charge is -2.16. The highest BCUT2D eigenvalue weighted by atomic mass is 15.1. The van der Waals surface area contributed by atoms with Gasteiger partial charge in [-0.15, -0.1) is 11.8 Å². The van der Waals surface area contributed by atoms with Gasteiger partial charge in [-0.2, -0.15) is 0 Å². The van der Waals surface area contributed by atoms with Crippen LogP contribution in [0, 0.1) is 11.8 Å². The molecule has 82 valence electrons. The van der Waals surface area contributed by atoms with Crippen LogP contribution in [0.1, 0.15) is 25.1 Å². The lowest BCUT2D eigenvalue weighted by molar-refractivity contribution is 0.523. The number of hydrogen-bond acceptors (Lipinski definition) is 3. The van der Waals surface area contributed by atoms with Gasteiger partial charge in [-0.3, -0.25) is 0 Å². The van der Waals surface area contributed by atoms with Crippen LogP contribution in [-0.4, -0.2) is 22.6 Å². The van der Waals surface area contributed by atoms with Crippen LogP contribution in [0.2, 0.25) is 0 Å². The Labute approximate surface area is 90.9 Å². The molecule has 0 amide bonds. The van der Waals surface area contributed by atoms with E-state index in [-0.39, 0.29) is 6.04 Å². The molecule has 0 saturated carbocycles. The number of aryl methyl sites for hydroxylation is 1. The smallest absolute Gasteiger partial charge is 0.0946 e. The lowest BCUT2D eigenvalue weighted by atomic mass is 10.2. The molecule has 1 aromatic heterocycles. The van der Waals surface area contributed by atoms with Gasteiger partial charge in [-0.1, -0.05) is 0 Å². The van der Waals surface area contributed by atoms with Gasteiger partial charge in [0.05, 0.1) is 18.1 Å². The molecule has 0 fully saturated rings. The quantitative estimate of drug-likeness (QED) is 0.542. The van der Waals surface area contributed by atoms with E-state index < -0.39 is 0 Å². The van der Waals surface area contributed by atoms with Crippen LogP contribution in [0.3, 0.4) is 0 Å². The van der Waals surface area contributed by atoms with Crippen LogP contribution >= 0.6 is 0 Å². The van der Waals surface area contributed by atoms with Gasteiger partial charge in [0.1, 0.15) is 0 Å². The van der Waals surface area contributed by atoms with Crippen molar-refractivity contribution in [2.24, 2.45) is 12.8 Å². The second-order valence-corrected chi connectivity index (χ2v) is 3.35. The van der Waals surface area contributed by atoms with Crippen LogP contribution < -0.4 is 11.1 Å². The zero-order valence-electron chi connectivity index (χ0n) is 9.33. The Hall–Kier alpha value is -1.31. The second kappa shape index (κ2) is 6.23. The van der Waals surface area contributed by atoms with E-state index in [0.29, 0.717) is 6.54 Å². The van der Waals surface area contributed by atoms with Gasteiger partial charge in [0.2, 0.25) is 0 Å². The molecule has 1 aromatic rings. The van der Waals surface area contributed by atoms with Crippen molar-refractivity contribution in [2.45, 2.75) is 19.4 Å². The summed E-state index contributed by atoms with van der Waals surface area (Å²) in [6, 6.07) is 0.163. The summed E-state index contributed by atoms with van der Waals surface area (Å²) in [7, 11) is 1.97. The highest BCUT2D eigenvalue weighted by Crippen LogP contribution is 2.09. The lowest BCUT2D eigenvalue weighted by Crippen LogP contribution is -2.30. The van der Waals surface area contributed by atoms with E-state index in [2.05, 4.69) is 22.1 Å². The molecular formula is C11H18N4. The maximum absolute atomic E-state index is 5.71. The summed E-state index contributed by atoms with van der Waals surface area (Å²) in [5.41, 5.74) is 6.82. The maximum Gasteiger partial charge on any atom is 0.0946 e. The maximum atomic E-state index is 5.71. The summed E-state index contributed by atoms with van der Waals surface area (Å²) >= 11 is 0. The molecule has 0 aromatic carbocycles. The molecule has 0 aliphatic rings. The fourth-order valence-corrected chi connectivity index (χ4v) is 1.45. The van der Waals surface area contributed by atoms with Crippen molar-refractivity contribution in [3.05, 3.63) is 18.2 Å². The van der Waals surface area contributed by atoms with Crippen molar-refractivity contribution in [1.82, 2.24) is 14.9 Å². The highest BCUT2D eigenvalue weighted by Gasteiger charge is 2.11. The fourth-order valence-electron chi connectivity index (χ4n) is 1.45. The molecule has 15 heavy (non-hydrogen) atoms. The number of nitrogens with zero attached hydrogens (tertiary/aromatic N) is 2. The first kappa shape index (κ1) is 11.8. The number of nitrogens with one attached hydrogen (secondary N) is 1. The largest absolute Gasteiger partial charge is 0.336 e. The van der Waals surface area contributed by atoms with Crippen LogP contribution in [-0.2, 0) is 7.05 Å². The SMILES string of the molecule is CC#CCCNC(CN)c1cncn1C. The topological polar surface area (TPSA) is 55.9 Å². The summed E-state index contributed by atoms with van der Waals surface area (Å²) < 4.78 is 1.98. The molecule has 1 rings (SSSR count). The average Bonchev–Trinajstić information content (AvgIpc) is 2.65. The van der Waals surface area contributed by atoms with Gasteiger partial charge in [-0.25, -0.2) is 4.98 Å². The van der Waals surface area contributed by atoms with E-state index >= 15 is 0 Å². The number of hydrogen-bond donors (Lipinski definition) is 2. The Morgan fingerprint density at radius 1 is 1.67 bits per heavy atom. The van der Waals surface area contributed by atoms with Crippen molar-refractivity contribution in [3.63, 3.8) is 0 Å². The Kier molecular flexibility index (Phi) is 4.88. The molecule has 4 heteroatoms. The third kappa shape index (κ3) is 3.39. The van der Waals surface area contributed by atoms with Crippen LogP contribution in [0.5, 0.6) is 0 Å². The van der Waals surface area contributed by atoms with E-state index in [9.17, 15) is 0 Å². The number of imidazole rings is 1. The zero-order chi connectivity index (χ0) is 11.1. The predicted octanol–water partition coefficient (Wildman–Crippen LogP) is 0.423. The average molecular weight is 206 g/mol. The van der Waals surface area contributed by atoms with Gasteiger partial charge in [0.25, 0.3) is 0 Å².